The zero-order valence-corrected chi connectivity index (χ0v) is 8.73. The number of rotatable bonds is 1. The maximum Gasteiger partial charge on any atom is 0.105 e. The summed E-state index contributed by atoms with van der Waals surface area (Å²) in [5, 5.41) is 8.68. The van der Waals surface area contributed by atoms with Gasteiger partial charge in [-0.15, -0.1) is 0 Å². The van der Waals surface area contributed by atoms with E-state index in [1.165, 1.54) is 0 Å². The topological polar surface area (TPSA) is 41.6 Å². The molecule has 0 aliphatic carbocycles. The summed E-state index contributed by atoms with van der Waals surface area (Å²) in [4.78, 5) is 4.42. The fourth-order valence-electron chi connectivity index (χ4n) is 1.41. The molecule has 0 amide bonds. The Kier molecular flexibility index (Phi) is 2.26. The molecule has 0 aliphatic rings. The van der Waals surface area contributed by atoms with Gasteiger partial charge in [-0.1, -0.05) is 12.1 Å². The first kappa shape index (κ1) is 9.47. The maximum atomic E-state index is 8.68. The monoisotopic (exact) mass is 197 g/mol. The molecule has 0 saturated heterocycles. The Morgan fingerprint density at radius 3 is 2.40 bits per heavy atom. The average Bonchev–Trinajstić information content (AvgIpc) is 2.59. The number of aryl methyl sites for hydroxylation is 2. The second-order valence-electron chi connectivity index (χ2n) is 3.47. The van der Waals surface area contributed by atoms with E-state index in [-0.39, 0.29) is 0 Å². The zero-order valence-electron chi connectivity index (χ0n) is 8.73. The lowest BCUT2D eigenvalue weighted by Crippen LogP contribution is -1.86. The minimum absolute atomic E-state index is 0.673. The van der Waals surface area contributed by atoms with Gasteiger partial charge in [0.1, 0.15) is 5.82 Å². The molecule has 0 bridgehead atoms. The highest BCUT2D eigenvalue weighted by molar-refractivity contribution is 5.59. The number of nitriles is 1. The lowest BCUT2D eigenvalue weighted by molar-refractivity contribution is 0.858. The summed E-state index contributed by atoms with van der Waals surface area (Å²) in [6, 6.07) is 9.54. The molecular formula is C12H11N3. The minimum Gasteiger partial charge on any atom is -0.338 e. The van der Waals surface area contributed by atoms with E-state index in [0.717, 1.165) is 17.1 Å². The fourth-order valence-corrected chi connectivity index (χ4v) is 1.41. The fraction of sp³-hybridized carbons (Fsp3) is 0.167. The Bertz CT molecular complexity index is 495. The summed E-state index contributed by atoms with van der Waals surface area (Å²) in [7, 11) is 1.97. The van der Waals surface area contributed by atoms with Crippen LogP contribution in [0.4, 0.5) is 0 Å². The van der Waals surface area contributed by atoms with E-state index >= 15 is 0 Å². The van der Waals surface area contributed by atoms with Gasteiger partial charge >= 0.3 is 0 Å². The molecular weight excluding hydrogens is 186 g/mol. The van der Waals surface area contributed by atoms with Crippen molar-refractivity contribution in [3.63, 3.8) is 0 Å². The van der Waals surface area contributed by atoms with E-state index < -0.39 is 0 Å². The van der Waals surface area contributed by atoms with Gasteiger partial charge in [0, 0.05) is 18.8 Å². The summed E-state index contributed by atoms with van der Waals surface area (Å²) in [5.41, 5.74) is 2.66. The number of benzene rings is 1. The van der Waals surface area contributed by atoms with Crippen molar-refractivity contribution in [3.05, 3.63) is 41.9 Å². The summed E-state index contributed by atoms with van der Waals surface area (Å²) in [5.74, 6) is 0.981. The maximum absolute atomic E-state index is 8.68. The molecule has 3 heteroatoms. The Hall–Kier alpha value is -2.08. The number of hydrogen-bond donors (Lipinski definition) is 0. The number of aromatic nitrogens is 2. The predicted molar refractivity (Wildman–Crippen MR) is 58.1 cm³/mol. The Balaban J connectivity index is 2.42. The van der Waals surface area contributed by atoms with Crippen LogP contribution in [0.25, 0.3) is 11.3 Å². The van der Waals surface area contributed by atoms with E-state index in [0.29, 0.717) is 5.56 Å². The minimum atomic E-state index is 0.673. The van der Waals surface area contributed by atoms with Crippen LogP contribution < -0.4 is 0 Å². The van der Waals surface area contributed by atoms with Crippen LogP contribution >= 0.6 is 0 Å². The molecule has 1 aromatic carbocycles. The summed E-state index contributed by atoms with van der Waals surface area (Å²) >= 11 is 0. The van der Waals surface area contributed by atoms with Crippen molar-refractivity contribution in [2.45, 2.75) is 6.92 Å². The zero-order chi connectivity index (χ0) is 10.8. The molecule has 0 radical (unpaired) electrons. The van der Waals surface area contributed by atoms with Crippen molar-refractivity contribution < 1.29 is 0 Å². The predicted octanol–water partition coefficient (Wildman–Crippen LogP) is 2.27. The highest BCUT2D eigenvalue weighted by atomic mass is 15.0. The molecule has 2 rings (SSSR count). The van der Waals surface area contributed by atoms with Crippen LogP contribution in [0.15, 0.2) is 30.5 Å². The standard InChI is InChI=1S/C12H11N3/c1-9-14-12(8-15(9)2)11-5-3-10(7-13)4-6-11/h3-6,8H,1-2H3. The van der Waals surface area contributed by atoms with Crippen molar-refractivity contribution in [3.8, 4) is 17.3 Å². The first-order chi connectivity index (χ1) is 7.20. The van der Waals surface area contributed by atoms with Gasteiger partial charge in [0.25, 0.3) is 0 Å². The van der Waals surface area contributed by atoms with Gasteiger partial charge < -0.3 is 4.57 Å². The van der Waals surface area contributed by atoms with Gasteiger partial charge in [-0.2, -0.15) is 5.26 Å². The molecule has 2 aromatic rings. The van der Waals surface area contributed by atoms with Crippen LogP contribution in [0.2, 0.25) is 0 Å². The molecule has 74 valence electrons. The lowest BCUT2D eigenvalue weighted by Gasteiger charge is -1.95. The molecule has 1 heterocycles. The number of hydrogen-bond acceptors (Lipinski definition) is 2. The van der Waals surface area contributed by atoms with Crippen LogP contribution in [0.5, 0.6) is 0 Å². The van der Waals surface area contributed by atoms with Crippen LogP contribution in [0.3, 0.4) is 0 Å². The quantitative estimate of drug-likeness (QED) is 0.703. The molecule has 0 unspecified atom stereocenters. The number of nitrogens with zero attached hydrogens (tertiary/aromatic N) is 3. The molecule has 0 spiro atoms. The van der Waals surface area contributed by atoms with Crippen LogP contribution in [-0.2, 0) is 7.05 Å². The van der Waals surface area contributed by atoms with Crippen LogP contribution in [-0.4, -0.2) is 9.55 Å². The SMILES string of the molecule is Cc1nc(-c2ccc(C#N)cc2)cn1C. The van der Waals surface area contributed by atoms with Gasteiger partial charge in [-0.3, -0.25) is 0 Å². The van der Waals surface area contributed by atoms with E-state index in [4.69, 9.17) is 5.26 Å². The molecule has 0 aliphatic heterocycles. The summed E-state index contributed by atoms with van der Waals surface area (Å²) in [6.45, 7) is 1.97. The first-order valence-electron chi connectivity index (χ1n) is 4.71. The third kappa shape index (κ3) is 1.75. The van der Waals surface area contributed by atoms with Gasteiger partial charge in [-0.25, -0.2) is 4.98 Å². The first-order valence-corrected chi connectivity index (χ1v) is 4.71. The Labute approximate surface area is 88.6 Å². The molecule has 0 saturated carbocycles. The molecule has 0 N–H and O–H groups in total. The van der Waals surface area contributed by atoms with E-state index in [1.807, 2.05) is 36.9 Å². The second kappa shape index (κ2) is 3.58. The van der Waals surface area contributed by atoms with Gasteiger partial charge in [-0.05, 0) is 19.1 Å². The second-order valence-corrected chi connectivity index (χ2v) is 3.47. The van der Waals surface area contributed by atoms with Gasteiger partial charge in [0.05, 0.1) is 17.3 Å². The molecule has 0 fully saturated rings. The average molecular weight is 197 g/mol. The molecule has 15 heavy (non-hydrogen) atoms. The lowest BCUT2D eigenvalue weighted by atomic mass is 10.1. The smallest absolute Gasteiger partial charge is 0.105 e. The van der Waals surface area contributed by atoms with Gasteiger partial charge in [0.15, 0.2) is 0 Å². The van der Waals surface area contributed by atoms with Crippen molar-refractivity contribution in [2.24, 2.45) is 7.05 Å². The molecule has 1 aromatic heterocycles. The Morgan fingerprint density at radius 2 is 1.93 bits per heavy atom. The van der Waals surface area contributed by atoms with Crippen molar-refractivity contribution in [2.75, 3.05) is 0 Å². The summed E-state index contributed by atoms with van der Waals surface area (Å²) in [6.07, 6.45) is 1.98. The van der Waals surface area contributed by atoms with Crippen molar-refractivity contribution in [1.29, 1.82) is 5.26 Å². The third-order valence-corrected chi connectivity index (χ3v) is 2.42. The van der Waals surface area contributed by atoms with Crippen molar-refractivity contribution >= 4 is 0 Å². The van der Waals surface area contributed by atoms with Crippen LogP contribution in [0, 0.1) is 18.3 Å². The molecule has 0 atom stereocenters. The van der Waals surface area contributed by atoms with E-state index in [1.54, 1.807) is 12.1 Å². The highest BCUT2D eigenvalue weighted by Gasteiger charge is 2.03. The normalized spacial score (nSPS) is 9.93. The largest absolute Gasteiger partial charge is 0.338 e. The Morgan fingerprint density at radius 1 is 1.27 bits per heavy atom. The molecule has 3 nitrogen and oxygen atoms in total. The van der Waals surface area contributed by atoms with E-state index in [9.17, 15) is 0 Å². The third-order valence-electron chi connectivity index (χ3n) is 2.42. The highest BCUT2D eigenvalue weighted by Crippen LogP contribution is 2.18. The van der Waals surface area contributed by atoms with Crippen molar-refractivity contribution in [1.82, 2.24) is 9.55 Å². The van der Waals surface area contributed by atoms with Gasteiger partial charge in [0.2, 0.25) is 0 Å². The summed E-state index contributed by atoms with van der Waals surface area (Å²) < 4.78 is 1.98. The van der Waals surface area contributed by atoms with E-state index in [2.05, 4.69) is 11.1 Å². The number of imidazole rings is 1. The van der Waals surface area contributed by atoms with Crippen LogP contribution in [0.1, 0.15) is 11.4 Å².